The molecule has 4 rings (SSSR count). The minimum Gasteiger partial charge on any atom is -0.353 e. The van der Waals surface area contributed by atoms with Gasteiger partial charge in [0.2, 0.25) is 5.91 Å². The van der Waals surface area contributed by atoms with Crippen LogP contribution >= 0.6 is 0 Å². The Kier molecular flexibility index (Phi) is 5.25. The summed E-state index contributed by atoms with van der Waals surface area (Å²) in [5.74, 6) is 0.620. The predicted molar refractivity (Wildman–Crippen MR) is 103 cm³/mol. The standard InChI is InChI=1S/C20H22F3N5O2/c1-13(28-18(29)7-5-16(25-28)14-2-3-14)19(30)27-10-8-26(9-11-27)17-6-4-15(12-24-17)20(21,22)23/h4-7,12-14H,2-3,8-11H2,1H3. The van der Waals surface area contributed by atoms with E-state index in [2.05, 4.69) is 10.1 Å². The predicted octanol–water partition coefficient (Wildman–Crippen LogP) is 2.44. The Morgan fingerprint density at radius 2 is 1.80 bits per heavy atom. The smallest absolute Gasteiger partial charge is 0.353 e. The fraction of sp³-hybridized carbons (Fsp3) is 0.500. The first kappa shape index (κ1) is 20.4. The number of pyridine rings is 1. The molecule has 1 aliphatic heterocycles. The first-order valence-electron chi connectivity index (χ1n) is 9.91. The van der Waals surface area contributed by atoms with Crippen LogP contribution in [0.5, 0.6) is 0 Å². The molecule has 1 aliphatic carbocycles. The fourth-order valence-electron chi connectivity index (χ4n) is 3.58. The van der Waals surface area contributed by atoms with Crippen molar-refractivity contribution in [1.82, 2.24) is 19.7 Å². The van der Waals surface area contributed by atoms with Crippen molar-refractivity contribution in [3.05, 3.63) is 52.1 Å². The molecule has 1 unspecified atom stereocenters. The Hall–Kier alpha value is -2.91. The monoisotopic (exact) mass is 421 g/mol. The molecule has 1 atom stereocenters. The summed E-state index contributed by atoms with van der Waals surface area (Å²) in [7, 11) is 0. The number of halogens is 3. The highest BCUT2D eigenvalue weighted by Gasteiger charge is 2.32. The number of hydrogen-bond acceptors (Lipinski definition) is 5. The van der Waals surface area contributed by atoms with Crippen LogP contribution in [0.2, 0.25) is 0 Å². The zero-order chi connectivity index (χ0) is 21.5. The topological polar surface area (TPSA) is 71.3 Å². The van der Waals surface area contributed by atoms with Gasteiger partial charge in [-0.15, -0.1) is 0 Å². The molecule has 0 N–H and O–H groups in total. The Balaban J connectivity index is 1.39. The molecule has 2 aromatic rings. The van der Waals surface area contributed by atoms with Crippen molar-refractivity contribution in [3.8, 4) is 0 Å². The molecule has 1 amide bonds. The molecule has 10 heteroatoms. The van der Waals surface area contributed by atoms with Crippen LogP contribution in [0.3, 0.4) is 0 Å². The molecule has 3 heterocycles. The maximum Gasteiger partial charge on any atom is 0.417 e. The van der Waals surface area contributed by atoms with Gasteiger partial charge in [0.05, 0.1) is 11.3 Å². The van der Waals surface area contributed by atoms with E-state index in [-0.39, 0.29) is 11.5 Å². The number of carbonyl (C=O) groups excluding carboxylic acids is 1. The molecule has 2 aliphatic rings. The normalized spacial score (nSPS) is 18.4. The molecule has 0 radical (unpaired) electrons. The molecule has 0 spiro atoms. The summed E-state index contributed by atoms with van der Waals surface area (Å²) < 4.78 is 39.3. The van der Waals surface area contributed by atoms with Crippen LogP contribution in [0.1, 0.15) is 43.0 Å². The molecule has 0 aromatic carbocycles. The number of hydrogen-bond donors (Lipinski definition) is 0. The van der Waals surface area contributed by atoms with E-state index in [1.165, 1.54) is 16.8 Å². The Morgan fingerprint density at radius 1 is 1.10 bits per heavy atom. The van der Waals surface area contributed by atoms with E-state index in [1.54, 1.807) is 17.9 Å². The fourth-order valence-corrected chi connectivity index (χ4v) is 3.58. The molecule has 30 heavy (non-hydrogen) atoms. The lowest BCUT2D eigenvalue weighted by atomic mass is 10.2. The van der Waals surface area contributed by atoms with Gasteiger partial charge in [-0.2, -0.15) is 18.3 Å². The summed E-state index contributed by atoms with van der Waals surface area (Å²) in [6, 6.07) is 4.82. The van der Waals surface area contributed by atoms with Gasteiger partial charge in [0.25, 0.3) is 5.56 Å². The zero-order valence-electron chi connectivity index (χ0n) is 16.5. The van der Waals surface area contributed by atoms with Crippen LogP contribution in [0, 0.1) is 0 Å². The van der Waals surface area contributed by atoms with Crippen molar-refractivity contribution >= 4 is 11.7 Å². The van der Waals surface area contributed by atoms with Crippen LogP contribution in [0.15, 0.2) is 35.3 Å². The minimum absolute atomic E-state index is 0.197. The number of piperazine rings is 1. The van der Waals surface area contributed by atoms with Crippen molar-refractivity contribution in [3.63, 3.8) is 0 Å². The first-order chi connectivity index (χ1) is 14.2. The molecule has 160 valence electrons. The van der Waals surface area contributed by atoms with E-state index < -0.39 is 17.8 Å². The first-order valence-corrected chi connectivity index (χ1v) is 9.91. The van der Waals surface area contributed by atoms with Gasteiger partial charge in [0.15, 0.2) is 0 Å². The Labute approximate surface area is 171 Å². The third kappa shape index (κ3) is 4.17. The average Bonchev–Trinajstić information content (AvgIpc) is 3.58. The van der Waals surface area contributed by atoms with Crippen molar-refractivity contribution in [2.24, 2.45) is 0 Å². The minimum atomic E-state index is -4.42. The summed E-state index contributed by atoms with van der Waals surface area (Å²) in [5, 5.41) is 4.39. The SMILES string of the molecule is CC(C(=O)N1CCN(c2ccc(C(F)(F)F)cn2)CC1)n1nc(C2CC2)ccc1=O. The van der Waals surface area contributed by atoms with E-state index in [9.17, 15) is 22.8 Å². The van der Waals surface area contributed by atoms with Gasteiger partial charge in [-0.1, -0.05) is 0 Å². The maximum atomic E-state index is 12.9. The van der Waals surface area contributed by atoms with Crippen molar-refractivity contribution < 1.29 is 18.0 Å². The van der Waals surface area contributed by atoms with Crippen molar-refractivity contribution in [2.45, 2.75) is 37.9 Å². The maximum absolute atomic E-state index is 12.9. The number of carbonyl (C=O) groups is 1. The molecule has 7 nitrogen and oxygen atoms in total. The number of amides is 1. The van der Waals surface area contributed by atoms with Gasteiger partial charge in [-0.25, -0.2) is 9.67 Å². The lowest BCUT2D eigenvalue weighted by molar-refractivity contribution is -0.138. The molecule has 2 aromatic heterocycles. The quantitative estimate of drug-likeness (QED) is 0.759. The molecule has 2 fully saturated rings. The summed E-state index contributed by atoms with van der Waals surface area (Å²) in [6.07, 6.45) is -1.50. The van der Waals surface area contributed by atoms with Crippen molar-refractivity contribution in [1.29, 1.82) is 0 Å². The lowest BCUT2D eigenvalue weighted by Crippen LogP contribution is -2.51. The highest BCUT2D eigenvalue weighted by Crippen LogP contribution is 2.38. The second kappa shape index (κ2) is 7.73. The largest absolute Gasteiger partial charge is 0.417 e. The number of alkyl halides is 3. The van der Waals surface area contributed by atoms with E-state index in [4.69, 9.17) is 0 Å². The zero-order valence-corrected chi connectivity index (χ0v) is 16.5. The summed E-state index contributed by atoms with van der Waals surface area (Å²) in [6.45, 7) is 3.34. The van der Waals surface area contributed by atoms with Gasteiger partial charge < -0.3 is 9.80 Å². The van der Waals surface area contributed by atoms with E-state index >= 15 is 0 Å². The number of nitrogens with zero attached hydrogens (tertiary/aromatic N) is 5. The highest BCUT2D eigenvalue weighted by atomic mass is 19.4. The van der Waals surface area contributed by atoms with Crippen LogP contribution in [-0.2, 0) is 11.0 Å². The van der Waals surface area contributed by atoms with Gasteiger partial charge in [-0.05, 0) is 38.0 Å². The van der Waals surface area contributed by atoms with E-state index in [1.807, 2.05) is 4.90 Å². The molecular weight excluding hydrogens is 399 g/mol. The van der Waals surface area contributed by atoms with Crippen LogP contribution in [0.4, 0.5) is 19.0 Å². The summed E-state index contributed by atoms with van der Waals surface area (Å²) in [4.78, 5) is 32.5. The third-order valence-corrected chi connectivity index (χ3v) is 5.56. The van der Waals surface area contributed by atoms with Gasteiger partial charge >= 0.3 is 6.18 Å². The molecule has 1 saturated heterocycles. The molecular formula is C20H22F3N5O2. The second-order valence-electron chi connectivity index (χ2n) is 7.71. The van der Waals surface area contributed by atoms with Crippen LogP contribution in [-0.4, -0.2) is 51.8 Å². The van der Waals surface area contributed by atoms with Gasteiger partial charge in [-0.3, -0.25) is 9.59 Å². The van der Waals surface area contributed by atoms with E-state index in [0.717, 1.165) is 30.8 Å². The number of anilines is 1. The average molecular weight is 421 g/mol. The number of rotatable bonds is 4. The van der Waals surface area contributed by atoms with Crippen molar-refractivity contribution in [2.75, 3.05) is 31.1 Å². The highest BCUT2D eigenvalue weighted by molar-refractivity contribution is 5.80. The molecule has 0 bridgehead atoms. The van der Waals surface area contributed by atoms with Gasteiger partial charge in [0.1, 0.15) is 11.9 Å². The van der Waals surface area contributed by atoms with Gasteiger partial charge in [0, 0.05) is 44.4 Å². The second-order valence-corrected chi connectivity index (χ2v) is 7.71. The Morgan fingerprint density at radius 3 is 2.37 bits per heavy atom. The number of aromatic nitrogens is 3. The Bertz CT molecular complexity index is 977. The summed E-state index contributed by atoms with van der Waals surface area (Å²) in [5.41, 5.74) is -0.263. The third-order valence-electron chi connectivity index (χ3n) is 5.56. The van der Waals surface area contributed by atoms with E-state index in [0.29, 0.717) is 37.9 Å². The van der Waals surface area contributed by atoms with Crippen LogP contribution < -0.4 is 10.5 Å². The lowest BCUT2D eigenvalue weighted by Gasteiger charge is -2.36. The van der Waals surface area contributed by atoms with Crippen LogP contribution in [0.25, 0.3) is 0 Å². The molecule has 1 saturated carbocycles. The summed E-state index contributed by atoms with van der Waals surface area (Å²) >= 11 is 0.